The predicted molar refractivity (Wildman–Crippen MR) is 74.1 cm³/mol. The highest BCUT2D eigenvalue weighted by molar-refractivity contribution is 5.77. The summed E-state index contributed by atoms with van der Waals surface area (Å²) < 4.78 is 4.33. The van der Waals surface area contributed by atoms with Crippen molar-refractivity contribution in [2.75, 3.05) is 33.4 Å². The summed E-state index contributed by atoms with van der Waals surface area (Å²) in [6, 6.07) is 0. The van der Waals surface area contributed by atoms with Crippen LogP contribution in [0.1, 0.15) is 26.7 Å². The number of hydrogen-bond acceptors (Lipinski definition) is 5. The molecule has 0 saturated heterocycles. The SMILES string of the molecule is CC.COC(=O)NCCC(=O)NCCNC(=O)CCO. The molecule has 0 aliphatic rings. The summed E-state index contributed by atoms with van der Waals surface area (Å²) in [5.41, 5.74) is 0. The number of rotatable bonds is 8. The maximum absolute atomic E-state index is 11.2. The Morgan fingerprint density at radius 3 is 1.85 bits per heavy atom. The molecule has 4 N–H and O–H groups in total. The number of aliphatic hydroxyl groups is 1. The van der Waals surface area contributed by atoms with Crippen molar-refractivity contribution < 1.29 is 24.2 Å². The highest BCUT2D eigenvalue weighted by atomic mass is 16.5. The standard InChI is InChI=1S/C10H19N3O5.C2H6/c1-18-10(17)13-4-2-8(15)11-5-6-12-9(16)3-7-14;1-2/h14H,2-7H2,1H3,(H,11,15)(H,12,16)(H,13,17);1-2H3. The largest absolute Gasteiger partial charge is 0.453 e. The molecule has 0 aliphatic carbocycles. The molecule has 0 unspecified atom stereocenters. The van der Waals surface area contributed by atoms with Crippen molar-refractivity contribution in [1.82, 2.24) is 16.0 Å². The Morgan fingerprint density at radius 2 is 1.40 bits per heavy atom. The topological polar surface area (TPSA) is 117 Å². The van der Waals surface area contributed by atoms with Gasteiger partial charge in [-0.1, -0.05) is 13.8 Å². The average molecular weight is 291 g/mol. The number of aliphatic hydroxyl groups excluding tert-OH is 1. The fourth-order valence-corrected chi connectivity index (χ4v) is 1.03. The third kappa shape index (κ3) is 14.2. The molecule has 0 aromatic heterocycles. The van der Waals surface area contributed by atoms with Gasteiger partial charge in [0.25, 0.3) is 0 Å². The molecule has 20 heavy (non-hydrogen) atoms. The Bertz CT molecular complexity index is 284. The zero-order chi connectivity index (χ0) is 15.8. The van der Waals surface area contributed by atoms with Crippen LogP contribution in [0.15, 0.2) is 0 Å². The molecule has 0 heterocycles. The van der Waals surface area contributed by atoms with Crippen LogP contribution in [0.4, 0.5) is 4.79 Å². The van der Waals surface area contributed by atoms with Crippen molar-refractivity contribution in [3.63, 3.8) is 0 Å². The third-order valence-electron chi connectivity index (χ3n) is 1.91. The molecular weight excluding hydrogens is 266 g/mol. The first-order valence-electron chi connectivity index (χ1n) is 6.56. The lowest BCUT2D eigenvalue weighted by Crippen LogP contribution is -2.36. The first kappa shape index (κ1) is 20.5. The molecule has 0 aromatic carbocycles. The van der Waals surface area contributed by atoms with Crippen LogP contribution in [0.25, 0.3) is 0 Å². The molecule has 0 rings (SSSR count). The van der Waals surface area contributed by atoms with Crippen molar-refractivity contribution in [3.8, 4) is 0 Å². The van der Waals surface area contributed by atoms with Gasteiger partial charge in [-0.3, -0.25) is 9.59 Å². The van der Waals surface area contributed by atoms with Crippen LogP contribution in [0.3, 0.4) is 0 Å². The molecule has 118 valence electrons. The van der Waals surface area contributed by atoms with E-state index < -0.39 is 6.09 Å². The Balaban J connectivity index is 0. The fraction of sp³-hybridized carbons (Fsp3) is 0.750. The number of carbonyl (C=O) groups is 3. The van der Waals surface area contributed by atoms with Gasteiger partial charge in [-0.25, -0.2) is 4.79 Å². The molecule has 0 aliphatic heterocycles. The summed E-state index contributed by atoms with van der Waals surface area (Å²) in [6.07, 6.45) is -0.393. The van der Waals surface area contributed by atoms with Crippen molar-refractivity contribution in [2.45, 2.75) is 26.7 Å². The van der Waals surface area contributed by atoms with Crippen LogP contribution in [0.5, 0.6) is 0 Å². The molecule has 8 nitrogen and oxygen atoms in total. The van der Waals surface area contributed by atoms with Crippen LogP contribution in [0.2, 0.25) is 0 Å². The molecule has 0 saturated carbocycles. The zero-order valence-electron chi connectivity index (χ0n) is 12.3. The van der Waals surface area contributed by atoms with Gasteiger partial charge in [-0.2, -0.15) is 0 Å². The molecule has 3 amide bonds. The van der Waals surface area contributed by atoms with Crippen LogP contribution < -0.4 is 16.0 Å². The minimum atomic E-state index is -0.584. The lowest BCUT2D eigenvalue weighted by molar-refractivity contribution is -0.123. The van der Waals surface area contributed by atoms with E-state index in [1.54, 1.807) is 0 Å². The quantitative estimate of drug-likeness (QED) is 0.444. The normalized spacial score (nSPS) is 8.80. The van der Waals surface area contributed by atoms with Gasteiger partial charge in [0.05, 0.1) is 13.7 Å². The number of nitrogens with one attached hydrogen (secondary N) is 3. The summed E-state index contributed by atoms with van der Waals surface area (Å²) in [4.78, 5) is 32.8. The first-order valence-corrected chi connectivity index (χ1v) is 6.56. The van der Waals surface area contributed by atoms with Gasteiger partial charge in [0.1, 0.15) is 0 Å². The molecule has 0 atom stereocenters. The molecule has 0 radical (unpaired) electrons. The maximum Gasteiger partial charge on any atom is 0.406 e. The van der Waals surface area contributed by atoms with E-state index in [1.807, 2.05) is 13.8 Å². The van der Waals surface area contributed by atoms with E-state index >= 15 is 0 Å². The van der Waals surface area contributed by atoms with E-state index in [-0.39, 0.29) is 37.8 Å². The number of carbonyl (C=O) groups excluding carboxylic acids is 3. The van der Waals surface area contributed by atoms with Crippen molar-refractivity contribution in [1.29, 1.82) is 0 Å². The van der Waals surface area contributed by atoms with Crippen molar-refractivity contribution in [2.24, 2.45) is 0 Å². The van der Waals surface area contributed by atoms with E-state index in [1.165, 1.54) is 7.11 Å². The Morgan fingerprint density at radius 1 is 0.900 bits per heavy atom. The number of methoxy groups -OCH3 is 1. The average Bonchev–Trinajstić information content (AvgIpc) is 2.46. The summed E-state index contributed by atoms with van der Waals surface area (Å²) in [5, 5.41) is 15.9. The monoisotopic (exact) mass is 291 g/mol. The van der Waals surface area contributed by atoms with Gasteiger partial charge in [0.15, 0.2) is 0 Å². The van der Waals surface area contributed by atoms with Crippen molar-refractivity contribution >= 4 is 17.9 Å². The summed E-state index contributed by atoms with van der Waals surface area (Å²) in [5.74, 6) is -0.498. The fourth-order valence-electron chi connectivity index (χ4n) is 1.03. The van der Waals surface area contributed by atoms with Gasteiger partial charge in [-0.05, 0) is 0 Å². The first-order chi connectivity index (χ1) is 9.60. The van der Waals surface area contributed by atoms with Gasteiger partial charge < -0.3 is 25.8 Å². The van der Waals surface area contributed by atoms with Crippen molar-refractivity contribution in [3.05, 3.63) is 0 Å². The Labute approximate surface area is 119 Å². The van der Waals surface area contributed by atoms with E-state index in [9.17, 15) is 14.4 Å². The van der Waals surface area contributed by atoms with Gasteiger partial charge in [0.2, 0.25) is 11.8 Å². The summed E-state index contributed by atoms with van der Waals surface area (Å²) >= 11 is 0. The second-order valence-electron chi connectivity index (χ2n) is 3.34. The van der Waals surface area contributed by atoms with Gasteiger partial charge >= 0.3 is 6.09 Å². The lowest BCUT2D eigenvalue weighted by atomic mass is 10.4. The number of ether oxygens (including phenoxy) is 1. The minimum absolute atomic E-state index is 0.0526. The lowest BCUT2D eigenvalue weighted by Gasteiger charge is -2.07. The van der Waals surface area contributed by atoms with Gasteiger partial charge in [0, 0.05) is 32.5 Å². The number of hydrogen-bond donors (Lipinski definition) is 4. The van der Waals surface area contributed by atoms with E-state index in [0.29, 0.717) is 13.1 Å². The molecule has 8 heteroatoms. The Kier molecular flexibility index (Phi) is 15.6. The number of alkyl carbamates (subject to hydrolysis) is 1. The van der Waals surface area contributed by atoms with Crippen LogP contribution >= 0.6 is 0 Å². The van der Waals surface area contributed by atoms with E-state index in [0.717, 1.165) is 0 Å². The minimum Gasteiger partial charge on any atom is -0.453 e. The molecule has 0 aromatic rings. The summed E-state index contributed by atoms with van der Waals surface area (Å²) in [7, 11) is 1.24. The number of amides is 3. The Hall–Kier alpha value is -1.83. The second-order valence-corrected chi connectivity index (χ2v) is 3.34. The maximum atomic E-state index is 11.2. The third-order valence-corrected chi connectivity index (χ3v) is 1.91. The second kappa shape index (κ2) is 15.2. The van der Waals surface area contributed by atoms with E-state index in [4.69, 9.17) is 5.11 Å². The van der Waals surface area contributed by atoms with E-state index in [2.05, 4.69) is 20.7 Å². The predicted octanol–water partition coefficient (Wildman–Crippen LogP) is -0.626. The zero-order valence-corrected chi connectivity index (χ0v) is 12.3. The molecule has 0 spiro atoms. The molecule has 0 bridgehead atoms. The highest BCUT2D eigenvalue weighted by Crippen LogP contribution is 1.79. The molecule has 0 fully saturated rings. The van der Waals surface area contributed by atoms with Crippen LogP contribution in [-0.2, 0) is 14.3 Å². The summed E-state index contributed by atoms with van der Waals surface area (Å²) in [6.45, 7) is 4.59. The highest BCUT2D eigenvalue weighted by Gasteiger charge is 2.03. The smallest absolute Gasteiger partial charge is 0.406 e. The van der Waals surface area contributed by atoms with Gasteiger partial charge in [-0.15, -0.1) is 0 Å². The van der Waals surface area contributed by atoms with Crippen LogP contribution in [0, 0.1) is 0 Å². The molecular formula is C12H25N3O5. The van der Waals surface area contributed by atoms with Crippen LogP contribution in [-0.4, -0.2) is 56.4 Å².